The molecular formula is C11H23NOS. The van der Waals surface area contributed by atoms with Crippen molar-refractivity contribution in [2.45, 2.75) is 52.0 Å². The zero-order chi connectivity index (χ0) is 10.8. The van der Waals surface area contributed by atoms with Gasteiger partial charge in [-0.2, -0.15) is 0 Å². The van der Waals surface area contributed by atoms with Crippen LogP contribution in [0.15, 0.2) is 11.5 Å². The molecule has 0 amide bonds. The first-order valence-electron chi connectivity index (χ1n) is 5.50. The van der Waals surface area contributed by atoms with Crippen molar-refractivity contribution >= 4 is 10.8 Å². The monoisotopic (exact) mass is 217 g/mol. The smallest absolute Gasteiger partial charge is 0.0468 e. The number of rotatable bonds is 8. The van der Waals surface area contributed by atoms with Crippen LogP contribution in [-0.2, 0) is 10.8 Å². The van der Waals surface area contributed by atoms with Gasteiger partial charge in [0.1, 0.15) is 0 Å². The van der Waals surface area contributed by atoms with Crippen molar-refractivity contribution in [3.05, 3.63) is 11.5 Å². The first kappa shape index (κ1) is 13.8. The topological polar surface area (TPSA) is 43.1 Å². The molecule has 0 radical (unpaired) electrons. The molecule has 0 rings (SSSR count). The number of hydrogen-bond donors (Lipinski definition) is 1. The second kappa shape index (κ2) is 9.41. The van der Waals surface area contributed by atoms with E-state index in [-0.39, 0.29) is 6.04 Å². The van der Waals surface area contributed by atoms with Crippen LogP contribution < -0.4 is 5.73 Å². The minimum atomic E-state index is -0.861. The Morgan fingerprint density at radius 2 is 2.07 bits per heavy atom. The van der Waals surface area contributed by atoms with E-state index < -0.39 is 10.8 Å². The van der Waals surface area contributed by atoms with Gasteiger partial charge in [-0.15, -0.1) is 0 Å². The predicted octanol–water partition coefficient (Wildman–Crippen LogP) is 2.57. The van der Waals surface area contributed by atoms with E-state index in [0.717, 1.165) is 19.3 Å². The maximum Gasteiger partial charge on any atom is 0.0468 e. The van der Waals surface area contributed by atoms with Crippen LogP contribution >= 0.6 is 0 Å². The van der Waals surface area contributed by atoms with Crippen LogP contribution in [0.4, 0.5) is 0 Å². The third-order valence-electron chi connectivity index (χ3n) is 2.01. The van der Waals surface area contributed by atoms with Gasteiger partial charge >= 0.3 is 0 Å². The second-order valence-electron chi connectivity index (χ2n) is 3.61. The molecule has 14 heavy (non-hydrogen) atoms. The van der Waals surface area contributed by atoms with Crippen molar-refractivity contribution in [1.29, 1.82) is 0 Å². The van der Waals surface area contributed by atoms with Crippen LogP contribution in [0.25, 0.3) is 0 Å². The summed E-state index contributed by atoms with van der Waals surface area (Å²) in [6.45, 7) is 4.25. The minimum absolute atomic E-state index is 0.0941. The maximum absolute atomic E-state index is 11.4. The molecule has 2 atom stereocenters. The van der Waals surface area contributed by atoms with E-state index >= 15 is 0 Å². The van der Waals surface area contributed by atoms with Gasteiger partial charge in [-0.25, -0.2) is 0 Å². The van der Waals surface area contributed by atoms with E-state index in [0.29, 0.717) is 5.75 Å². The molecule has 0 aliphatic rings. The third-order valence-corrected chi connectivity index (χ3v) is 3.26. The standard InChI is InChI=1S/C11H23NOS/c1-3-5-6-7-9-14(13)10-11(12)8-4-2/h7,9,11H,3-6,8,10,12H2,1-2H3/b9-7+/t11-,14+/m1/s1. The first-order valence-corrected chi connectivity index (χ1v) is 6.88. The lowest BCUT2D eigenvalue weighted by Crippen LogP contribution is -2.25. The largest absolute Gasteiger partial charge is 0.327 e. The lowest BCUT2D eigenvalue weighted by molar-refractivity contribution is 0.641. The fourth-order valence-electron chi connectivity index (χ4n) is 1.22. The highest BCUT2D eigenvalue weighted by molar-refractivity contribution is 7.88. The normalized spacial score (nSPS) is 15.9. The van der Waals surface area contributed by atoms with Crippen molar-refractivity contribution in [2.24, 2.45) is 5.73 Å². The van der Waals surface area contributed by atoms with E-state index in [1.165, 1.54) is 12.8 Å². The SMILES string of the molecule is CCCC/C=C/[S@](=O)C[C@H](N)CCC. The molecule has 2 N–H and O–H groups in total. The Morgan fingerprint density at radius 3 is 2.64 bits per heavy atom. The van der Waals surface area contributed by atoms with Gasteiger partial charge in [-0.05, 0) is 18.2 Å². The predicted molar refractivity (Wildman–Crippen MR) is 64.6 cm³/mol. The molecule has 0 fully saturated rings. The van der Waals surface area contributed by atoms with Crippen LogP contribution in [0.3, 0.4) is 0 Å². The quantitative estimate of drug-likeness (QED) is 0.635. The Hall–Kier alpha value is -0.150. The van der Waals surface area contributed by atoms with Gasteiger partial charge in [-0.3, -0.25) is 4.21 Å². The van der Waals surface area contributed by atoms with Crippen LogP contribution in [0.2, 0.25) is 0 Å². The Bertz CT molecular complexity index is 180. The number of hydrogen-bond acceptors (Lipinski definition) is 2. The molecule has 0 saturated carbocycles. The summed E-state index contributed by atoms with van der Waals surface area (Å²) in [5.74, 6) is 0.608. The Labute approximate surface area is 90.4 Å². The number of unbranched alkanes of at least 4 members (excludes halogenated alkanes) is 2. The lowest BCUT2D eigenvalue weighted by Gasteiger charge is -2.06. The molecule has 0 aromatic rings. The zero-order valence-corrected chi connectivity index (χ0v) is 10.2. The molecule has 0 spiro atoms. The van der Waals surface area contributed by atoms with E-state index in [1.54, 1.807) is 5.41 Å². The molecule has 84 valence electrons. The molecule has 0 saturated heterocycles. The van der Waals surface area contributed by atoms with Crippen LogP contribution in [0.5, 0.6) is 0 Å². The van der Waals surface area contributed by atoms with Gasteiger partial charge in [0.25, 0.3) is 0 Å². The Balaban J connectivity index is 3.58. The van der Waals surface area contributed by atoms with Gasteiger partial charge in [0, 0.05) is 22.6 Å². The van der Waals surface area contributed by atoms with Crippen LogP contribution in [0.1, 0.15) is 46.0 Å². The van der Waals surface area contributed by atoms with Crippen molar-refractivity contribution in [3.63, 3.8) is 0 Å². The molecule has 0 aromatic carbocycles. The molecule has 0 bridgehead atoms. The number of nitrogens with two attached hydrogens (primary N) is 1. The van der Waals surface area contributed by atoms with E-state index in [2.05, 4.69) is 13.8 Å². The van der Waals surface area contributed by atoms with Crippen molar-refractivity contribution in [2.75, 3.05) is 5.75 Å². The Morgan fingerprint density at radius 1 is 1.36 bits per heavy atom. The summed E-state index contributed by atoms with van der Waals surface area (Å²) in [7, 11) is -0.861. The highest BCUT2D eigenvalue weighted by atomic mass is 32.2. The van der Waals surface area contributed by atoms with Crippen LogP contribution in [-0.4, -0.2) is 16.0 Å². The molecular weight excluding hydrogens is 194 g/mol. The molecule has 2 nitrogen and oxygen atoms in total. The van der Waals surface area contributed by atoms with Gasteiger partial charge in [0.15, 0.2) is 0 Å². The fourth-order valence-corrected chi connectivity index (χ4v) is 2.27. The van der Waals surface area contributed by atoms with Crippen molar-refractivity contribution in [1.82, 2.24) is 0 Å². The second-order valence-corrected chi connectivity index (χ2v) is 4.98. The van der Waals surface area contributed by atoms with E-state index in [4.69, 9.17) is 5.73 Å². The van der Waals surface area contributed by atoms with Gasteiger partial charge in [-0.1, -0.05) is 39.2 Å². The summed E-state index contributed by atoms with van der Waals surface area (Å²) in [5, 5.41) is 1.80. The molecule has 0 heterocycles. The van der Waals surface area contributed by atoms with Gasteiger partial charge in [0.05, 0.1) is 0 Å². The summed E-state index contributed by atoms with van der Waals surface area (Å²) in [5.41, 5.74) is 5.79. The van der Waals surface area contributed by atoms with Crippen LogP contribution in [0, 0.1) is 0 Å². The molecule has 0 aliphatic carbocycles. The molecule has 0 aromatic heterocycles. The molecule has 3 heteroatoms. The van der Waals surface area contributed by atoms with Crippen molar-refractivity contribution in [3.8, 4) is 0 Å². The van der Waals surface area contributed by atoms with Gasteiger partial charge < -0.3 is 5.73 Å². The highest BCUT2D eigenvalue weighted by Crippen LogP contribution is 2.00. The summed E-state index contributed by atoms with van der Waals surface area (Å²) < 4.78 is 11.4. The highest BCUT2D eigenvalue weighted by Gasteiger charge is 2.03. The minimum Gasteiger partial charge on any atom is -0.327 e. The molecule has 0 aliphatic heterocycles. The van der Waals surface area contributed by atoms with Gasteiger partial charge in [0.2, 0.25) is 0 Å². The first-order chi connectivity index (χ1) is 6.70. The lowest BCUT2D eigenvalue weighted by atomic mass is 10.2. The Kier molecular flexibility index (Phi) is 9.31. The summed E-state index contributed by atoms with van der Waals surface area (Å²) in [6.07, 6.45) is 7.44. The van der Waals surface area contributed by atoms with E-state index in [1.807, 2.05) is 6.08 Å². The average molecular weight is 217 g/mol. The van der Waals surface area contributed by atoms with Crippen molar-refractivity contribution < 1.29 is 4.21 Å². The average Bonchev–Trinajstić information content (AvgIpc) is 2.13. The summed E-state index contributed by atoms with van der Waals surface area (Å²) in [6, 6.07) is 0.0941. The third kappa shape index (κ3) is 8.45. The summed E-state index contributed by atoms with van der Waals surface area (Å²) in [4.78, 5) is 0. The fraction of sp³-hybridized carbons (Fsp3) is 0.818. The summed E-state index contributed by atoms with van der Waals surface area (Å²) >= 11 is 0. The molecule has 0 unspecified atom stereocenters. The zero-order valence-electron chi connectivity index (χ0n) is 9.37. The van der Waals surface area contributed by atoms with E-state index in [9.17, 15) is 4.21 Å². The maximum atomic E-state index is 11.4. The number of allylic oxidation sites excluding steroid dienone is 1.